The Morgan fingerprint density at radius 2 is 1.84 bits per heavy atom. The van der Waals surface area contributed by atoms with Crippen LogP contribution in [0.25, 0.3) is 6.08 Å². The fourth-order valence-electron chi connectivity index (χ4n) is 2.14. The number of aryl methyl sites for hydroxylation is 2. The highest BCUT2D eigenvalue weighted by Crippen LogP contribution is 2.21. The van der Waals surface area contributed by atoms with Crippen LogP contribution in [0.4, 0.5) is 0 Å². The molecular weight excluding hydrogens is 318 g/mol. The minimum absolute atomic E-state index is 0.298. The summed E-state index contributed by atoms with van der Waals surface area (Å²) in [6.07, 6.45) is 1.29. The lowest BCUT2D eigenvalue weighted by molar-refractivity contribution is -0.132. The molecular formula is C20H19NO4. The molecule has 0 aliphatic carbocycles. The quantitative estimate of drug-likeness (QED) is 0.473. The lowest BCUT2D eigenvalue weighted by Gasteiger charge is -2.11. The lowest BCUT2D eigenvalue weighted by atomic mass is 10.1. The van der Waals surface area contributed by atoms with E-state index >= 15 is 0 Å². The Morgan fingerprint density at radius 3 is 2.52 bits per heavy atom. The van der Waals surface area contributed by atoms with Gasteiger partial charge in [-0.1, -0.05) is 24.3 Å². The monoisotopic (exact) mass is 337 g/mol. The molecule has 0 heterocycles. The number of ether oxygens (including phenoxy) is 2. The van der Waals surface area contributed by atoms with Crippen LogP contribution in [0, 0.1) is 25.2 Å². The first kappa shape index (κ1) is 18.1. The first-order chi connectivity index (χ1) is 12.0. The number of hydrogen-bond donors (Lipinski definition) is 1. The standard InChI is InChI=1S/C20H19NO4/c1-14-7-8-18(11-15(14)2)24-9-10-25-19-6-4-3-5-16(19)12-17(13-21)20(22)23/h3-8,11-12H,9-10H2,1-2H3,(H,22,23). The normalized spacial score (nSPS) is 10.8. The molecule has 2 aromatic rings. The molecule has 1 N–H and O–H groups in total. The van der Waals surface area contributed by atoms with Gasteiger partial charge in [0.05, 0.1) is 0 Å². The Balaban J connectivity index is 1.98. The molecule has 2 rings (SSSR count). The van der Waals surface area contributed by atoms with Gasteiger partial charge in [0.15, 0.2) is 0 Å². The van der Waals surface area contributed by atoms with Gasteiger partial charge in [-0.05, 0) is 49.2 Å². The van der Waals surface area contributed by atoms with Crippen molar-refractivity contribution in [3.8, 4) is 17.6 Å². The minimum Gasteiger partial charge on any atom is -0.490 e. The molecule has 0 fully saturated rings. The summed E-state index contributed by atoms with van der Waals surface area (Å²) in [5.41, 5.74) is 2.55. The molecule has 0 bridgehead atoms. The number of carbonyl (C=O) groups is 1. The highest BCUT2D eigenvalue weighted by molar-refractivity contribution is 5.96. The van der Waals surface area contributed by atoms with Crippen molar-refractivity contribution in [3.63, 3.8) is 0 Å². The van der Waals surface area contributed by atoms with Crippen molar-refractivity contribution in [2.45, 2.75) is 13.8 Å². The third-order valence-electron chi connectivity index (χ3n) is 3.66. The van der Waals surface area contributed by atoms with Gasteiger partial charge in [-0.2, -0.15) is 5.26 Å². The summed E-state index contributed by atoms with van der Waals surface area (Å²) in [5, 5.41) is 17.8. The van der Waals surface area contributed by atoms with Crippen molar-refractivity contribution < 1.29 is 19.4 Å². The molecule has 0 unspecified atom stereocenters. The Hall–Kier alpha value is -3.26. The second kappa shape index (κ2) is 8.55. The zero-order valence-corrected chi connectivity index (χ0v) is 14.2. The van der Waals surface area contributed by atoms with Gasteiger partial charge in [-0.15, -0.1) is 0 Å². The molecule has 5 heteroatoms. The van der Waals surface area contributed by atoms with Crippen LogP contribution in [0.2, 0.25) is 0 Å². The summed E-state index contributed by atoms with van der Waals surface area (Å²) in [6, 6.07) is 14.5. The van der Waals surface area contributed by atoms with Gasteiger partial charge in [0.1, 0.15) is 36.4 Å². The number of hydrogen-bond acceptors (Lipinski definition) is 4. The Labute approximate surface area is 146 Å². The summed E-state index contributed by atoms with van der Waals surface area (Å²) in [7, 11) is 0. The Kier molecular flexibility index (Phi) is 6.19. The number of aliphatic carboxylic acids is 1. The van der Waals surface area contributed by atoms with Crippen LogP contribution in [-0.4, -0.2) is 24.3 Å². The van der Waals surface area contributed by atoms with E-state index in [4.69, 9.17) is 19.8 Å². The van der Waals surface area contributed by atoms with Gasteiger partial charge < -0.3 is 14.6 Å². The predicted molar refractivity (Wildman–Crippen MR) is 94.6 cm³/mol. The van der Waals surface area contributed by atoms with Crippen LogP contribution in [0.5, 0.6) is 11.5 Å². The molecule has 25 heavy (non-hydrogen) atoms. The van der Waals surface area contributed by atoms with Crippen molar-refractivity contribution in [2.24, 2.45) is 0 Å². The molecule has 0 atom stereocenters. The third-order valence-corrected chi connectivity index (χ3v) is 3.66. The smallest absolute Gasteiger partial charge is 0.346 e. The molecule has 0 aromatic heterocycles. The maximum atomic E-state index is 11.0. The van der Waals surface area contributed by atoms with Crippen LogP contribution in [0.1, 0.15) is 16.7 Å². The van der Waals surface area contributed by atoms with E-state index in [9.17, 15) is 4.79 Å². The number of nitrogens with zero attached hydrogens (tertiary/aromatic N) is 1. The van der Waals surface area contributed by atoms with E-state index in [1.807, 2.05) is 32.0 Å². The van der Waals surface area contributed by atoms with Crippen LogP contribution in [0.3, 0.4) is 0 Å². The maximum absolute atomic E-state index is 11.0. The van der Waals surface area contributed by atoms with E-state index in [1.54, 1.807) is 30.3 Å². The third kappa shape index (κ3) is 5.11. The van der Waals surface area contributed by atoms with Crippen LogP contribution < -0.4 is 9.47 Å². The minimum atomic E-state index is -1.27. The maximum Gasteiger partial charge on any atom is 0.346 e. The Morgan fingerprint density at radius 1 is 1.12 bits per heavy atom. The van der Waals surface area contributed by atoms with E-state index in [1.165, 1.54) is 11.6 Å². The van der Waals surface area contributed by atoms with Crippen molar-refractivity contribution in [3.05, 3.63) is 64.7 Å². The first-order valence-electron chi connectivity index (χ1n) is 7.78. The fraction of sp³-hybridized carbons (Fsp3) is 0.200. The fourth-order valence-corrected chi connectivity index (χ4v) is 2.14. The van der Waals surface area contributed by atoms with Gasteiger partial charge in [0.2, 0.25) is 0 Å². The highest BCUT2D eigenvalue weighted by atomic mass is 16.5. The number of benzene rings is 2. The van der Waals surface area contributed by atoms with E-state index in [0.717, 1.165) is 11.3 Å². The molecule has 0 saturated carbocycles. The number of para-hydroxylation sites is 1. The van der Waals surface area contributed by atoms with E-state index in [0.29, 0.717) is 24.5 Å². The predicted octanol–water partition coefficient (Wildman–Crippen LogP) is 3.75. The summed E-state index contributed by atoms with van der Waals surface area (Å²) < 4.78 is 11.3. The molecule has 0 saturated heterocycles. The zero-order chi connectivity index (χ0) is 18.2. The molecule has 128 valence electrons. The summed E-state index contributed by atoms with van der Waals surface area (Å²) in [5.74, 6) is 0.00749. The zero-order valence-electron chi connectivity index (χ0n) is 14.2. The van der Waals surface area contributed by atoms with E-state index in [-0.39, 0.29) is 5.57 Å². The topological polar surface area (TPSA) is 79.5 Å². The number of carboxylic acid groups (broad SMARTS) is 1. The van der Waals surface area contributed by atoms with Gasteiger partial charge >= 0.3 is 5.97 Å². The van der Waals surface area contributed by atoms with Crippen LogP contribution in [0.15, 0.2) is 48.0 Å². The second-order valence-corrected chi connectivity index (χ2v) is 5.46. The largest absolute Gasteiger partial charge is 0.490 e. The molecule has 0 aliphatic rings. The molecule has 0 spiro atoms. The van der Waals surface area contributed by atoms with Crippen molar-refractivity contribution in [2.75, 3.05) is 13.2 Å². The summed E-state index contributed by atoms with van der Waals surface area (Å²) in [4.78, 5) is 11.0. The first-order valence-corrected chi connectivity index (χ1v) is 7.78. The molecule has 0 radical (unpaired) electrons. The number of rotatable bonds is 7. The van der Waals surface area contributed by atoms with Crippen molar-refractivity contribution in [1.82, 2.24) is 0 Å². The van der Waals surface area contributed by atoms with Crippen molar-refractivity contribution in [1.29, 1.82) is 5.26 Å². The average Bonchev–Trinajstić information content (AvgIpc) is 2.60. The molecule has 0 aliphatic heterocycles. The molecule has 5 nitrogen and oxygen atoms in total. The van der Waals surface area contributed by atoms with Crippen molar-refractivity contribution >= 4 is 12.0 Å². The van der Waals surface area contributed by atoms with E-state index < -0.39 is 5.97 Å². The van der Waals surface area contributed by atoms with Crippen LogP contribution in [-0.2, 0) is 4.79 Å². The van der Waals surface area contributed by atoms with Gasteiger partial charge in [-0.3, -0.25) is 0 Å². The molecule has 0 amide bonds. The number of carboxylic acids is 1. The van der Waals surface area contributed by atoms with Gasteiger partial charge in [0, 0.05) is 5.56 Å². The lowest BCUT2D eigenvalue weighted by Crippen LogP contribution is -2.09. The summed E-state index contributed by atoms with van der Waals surface area (Å²) in [6.45, 7) is 4.72. The Bertz CT molecular complexity index is 834. The average molecular weight is 337 g/mol. The summed E-state index contributed by atoms with van der Waals surface area (Å²) >= 11 is 0. The van der Waals surface area contributed by atoms with Gasteiger partial charge in [0.25, 0.3) is 0 Å². The van der Waals surface area contributed by atoms with Gasteiger partial charge in [-0.25, -0.2) is 4.79 Å². The number of nitriles is 1. The second-order valence-electron chi connectivity index (χ2n) is 5.46. The molecule has 2 aromatic carbocycles. The SMILES string of the molecule is Cc1ccc(OCCOc2ccccc2C=C(C#N)C(=O)O)cc1C. The van der Waals surface area contributed by atoms with Crippen LogP contribution >= 0.6 is 0 Å². The van der Waals surface area contributed by atoms with E-state index in [2.05, 4.69) is 0 Å². The highest BCUT2D eigenvalue weighted by Gasteiger charge is 2.08.